The van der Waals surface area contributed by atoms with E-state index in [0.29, 0.717) is 6.10 Å². The second-order valence-electron chi connectivity index (χ2n) is 6.16. The van der Waals surface area contributed by atoms with Gasteiger partial charge in [0, 0.05) is 5.56 Å². The maximum atomic E-state index is 6.20. The van der Waals surface area contributed by atoms with Crippen molar-refractivity contribution in [2.45, 2.75) is 51.2 Å². The van der Waals surface area contributed by atoms with Crippen molar-refractivity contribution < 1.29 is 9.47 Å². The highest BCUT2D eigenvalue weighted by molar-refractivity contribution is 5.46. The van der Waals surface area contributed by atoms with Crippen molar-refractivity contribution in [3.63, 3.8) is 0 Å². The summed E-state index contributed by atoms with van der Waals surface area (Å²) in [6.07, 6.45) is 4.63. The van der Waals surface area contributed by atoms with Crippen LogP contribution in [-0.2, 0) is 6.42 Å². The molecule has 0 atom stereocenters. The highest BCUT2D eigenvalue weighted by Gasteiger charge is 2.29. The number of ether oxygens (including phenoxy) is 2. The molecule has 1 aromatic rings. The van der Waals surface area contributed by atoms with Crippen LogP contribution in [0.15, 0.2) is 18.2 Å². The normalized spacial score (nSPS) is 22.4. The number of benzene rings is 1. The molecular weight excluding hydrogens is 238 g/mol. The molecule has 19 heavy (non-hydrogen) atoms. The third kappa shape index (κ3) is 2.86. The summed E-state index contributed by atoms with van der Waals surface area (Å²) in [7, 11) is 0. The Bertz CT molecular complexity index is 450. The lowest BCUT2D eigenvalue weighted by Gasteiger charge is -2.34. The maximum Gasteiger partial charge on any atom is 0.127 e. The summed E-state index contributed by atoms with van der Waals surface area (Å²) >= 11 is 0. The Morgan fingerprint density at radius 3 is 2.84 bits per heavy atom. The van der Waals surface area contributed by atoms with Gasteiger partial charge in [0.2, 0.25) is 0 Å². The number of rotatable bonds is 2. The molecule has 0 radical (unpaired) electrons. The monoisotopic (exact) mass is 261 g/mol. The van der Waals surface area contributed by atoms with E-state index in [1.54, 1.807) is 0 Å². The lowest BCUT2D eigenvalue weighted by atomic mass is 9.94. The van der Waals surface area contributed by atoms with Gasteiger partial charge in [-0.05, 0) is 64.8 Å². The molecule has 1 saturated heterocycles. The second-order valence-corrected chi connectivity index (χ2v) is 6.16. The van der Waals surface area contributed by atoms with E-state index < -0.39 is 0 Å². The van der Waals surface area contributed by atoms with Crippen molar-refractivity contribution in [1.82, 2.24) is 5.32 Å². The van der Waals surface area contributed by atoms with Gasteiger partial charge in [-0.2, -0.15) is 0 Å². The molecule has 2 heterocycles. The Morgan fingerprint density at radius 2 is 2.05 bits per heavy atom. The Labute approximate surface area is 115 Å². The van der Waals surface area contributed by atoms with Crippen LogP contribution in [0.1, 0.15) is 38.7 Å². The summed E-state index contributed by atoms with van der Waals surface area (Å²) < 4.78 is 12.3. The lowest BCUT2D eigenvalue weighted by Crippen LogP contribution is -2.35. The fraction of sp³-hybridized carbons (Fsp3) is 0.625. The van der Waals surface area contributed by atoms with Crippen LogP contribution in [0, 0.1) is 0 Å². The van der Waals surface area contributed by atoms with E-state index >= 15 is 0 Å². The molecule has 0 amide bonds. The quantitative estimate of drug-likeness (QED) is 0.888. The van der Waals surface area contributed by atoms with Gasteiger partial charge in [0.25, 0.3) is 0 Å². The summed E-state index contributed by atoms with van der Waals surface area (Å²) in [6, 6.07) is 6.19. The van der Waals surface area contributed by atoms with E-state index in [2.05, 4.69) is 31.3 Å². The molecule has 0 spiro atoms. The standard InChI is InChI=1S/C16H23NO2/c1-16(2)9-6-13-14(4-3-5-15(13)19-16)18-12-7-10-17-11-8-12/h3-5,12,17H,6-11H2,1-2H3. The molecule has 2 aliphatic heterocycles. The van der Waals surface area contributed by atoms with Crippen LogP contribution in [0.3, 0.4) is 0 Å². The van der Waals surface area contributed by atoms with Crippen LogP contribution in [0.5, 0.6) is 11.5 Å². The smallest absolute Gasteiger partial charge is 0.127 e. The molecule has 3 nitrogen and oxygen atoms in total. The zero-order valence-corrected chi connectivity index (χ0v) is 11.9. The number of fused-ring (bicyclic) bond motifs is 1. The molecule has 0 unspecified atom stereocenters. The van der Waals surface area contributed by atoms with E-state index in [9.17, 15) is 0 Å². The molecule has 104 valence electrons. The molecule has 2 aliphatic rings. The number of nitrogens with one attached hydrogen (secondary N) is 1. The van der Waals surface area contributed by atoms with Crippen LogP contribution >= 0.6 is 0 Å². The minimum absolute atomic E-state index is 0.0552. The van der Waals surface area contributed by atoms with Crippen molar-refractivity contribution in [3.8, 4) is 11.5 Å². The number of hydrogen-bond acceptors (Lipinski definition) is 3. The van der Waals surface area contributed by atoms with E-state index in [4.69, 9.17) is 9.47 Å². The van der Waals surface area contributed by atoms with Crippen molar-refractivity contribution in [1.29, 1.82) is 0 Å². The molecule has 1 N–H and O–H groups in total. The first-order valence-corrected chi connectivity index (χ1v) is 7.32. The van der Waals surface area contributed by atoms with Gasteiger partial charge in [0.1, 0.15) is 23.2 Å². The first-order chi connectivity index (χ1) is 9.14. The number of piperidine rings is 1. The molecular formula is C16H23NO2. The van der Waals surface area contributed by atoms with E-state index in [1.165, 1.54) is 5.56 Å². The van der Waals surface area contributed by atoms with Crippen LogP contribution in [0.4, 0.5) is 0 Å². The largest absolute Gasteiger partial charge is 0.490 e. The van der Waals surface area contributed by atoms with Crippen molar-refractivity contribution in [2.24, 2.45) is 0 Å². The third-order valence-corrected chi connectivity index (χ3v) is 4.03. The van der Waals surface area contributed by atoms with Gasteiger partial charge in [-0.1, -0.05) is 6.07 Å². The Kier molecular flexibility index (Phi) is 3.40. The maximum absolute atomic E-state index is 6.20. The average Bonchev–Trinajstić information content (AvgIpc) is 2.39. The first-order valence-electron chi connectivity index (χ1n) is 7.32. The fourth-order valence-electron chi connectivity index (χ4n) is 2.87. The van der Waals surface area contributed by atoms with Crippen molar-refractivity contribution in [3.05, 3.63) is 23.8 Å². The number of hydrogen-bond donors (Lipinski definition) is 1. The predicted molar refractivity (Wildman–Crippen MR) is 76.0 cm³/mol. The lowest BCUT2D eigenvalue weighted by molar-refractivity contribution is 0.0814. The summed E-state index contributed by atoms with van der Waals surface area (Å²) in [5.41, 5.74) is 1.20. The second kappa shape index (κ2) is 5.04. The summed E-state index contributed by atoms with van der Waals surface area (Å²) in [5.74, 6) is 2.03. The minimum atomic E-state index is -0.0552. The van der Waals surface area contributed by atoms with Crippen molar-refractivity contribution in [2.75, 3.05) is 13.1 Å². The zero-order chi connectivity index (χ0) is 13.3. The Hall–Kier alpha value is -1.22. The fourth-order valence-corrected chi connectivity index (χ4v) is 2.87. The molecule has 3 rings (SSSR count). The molecule has 3 heteroatoms. The van der Waals surface area contributed by atoms with Crippen molar-refractivity contribution >= 4 is 0 Å². The SMILES string of the molecule is CC1(C)CCc2c(OC3CCNCC3)cccc2O1. The van der Waals surface area contributed by atoms with Crippen LogP contribution in [0.2, 0.25) is 0 Å². The van der Waals surface area contributed by atoms with Gasteiger partial charge in [0.15, 0.2) is 0 Å². The van der Waals surface area contributed by atoms with Gasteiger partial charge in [-0.25, -0.2) is 0 Å². The van der Waals surface area contributed by atoms with E-state index in [-0.39, 0.29) is 5.60 Å². The Morgan fingerprint density at radius 1 is 1.26 bits per heavy atom. The van der Waals surface area contributed by atoms with Gasteiger partial charge >= 0.3 is 0 Å². The van der Waals surface area contributed by atoms with Gasteiger partial charge in [-0.15, -0.1) is 0 Å². The molecule has 0 aromatic heterocycles. The van der Waals surface area contributed by atoms with Crippen LogP contribution < -0.4 is 14.8 Å². The highest BCUT2D eigenvalue weighted by atomic mass is 16.5. The van der Waals surface area contributed by atoms with Gasteiger partial charge < -0.3 is 14.8 Å². The molecule has 0 aliphatic carbocycles. The van der Waals surface area contributed by atoms with Gasteiger partial charge in [-0.3, -0.25) is 0 Å². The Balaban J connectivity index is 1.79. The van der Waals surface area contributed by atoms with Gasteiger partial charge in [0.05, 0.1) is 0 Å². The minimum Gasteiger partial charge on any atom is -0.490 e. The summed E-state index contributed by atoms with van der Waals surface area (Å²) in [5, 5.41) is 3.37. The van der Waals surface area contributed by atoms with Crippen LogP contribution in [-0.4, -0.2) is 24.8 Å². The average molecular weight is 261 g/mol. The third-order valence-electron chi connectivity index (χ3n) is 4.03. The van der Waals surface area contributed by atoms with E-state index in [0.717, 1.165) is 50.3 Å². The molecule has 1 aromatic carbocycles. The highest BCUT2D eigenvalue weighted by Crippen LogP contribution is 2.38. The van der Waals surface area contributed by atoms with Crippen LogP contribution in [0.25, 0.3) is 0 Å². The first kappa shape index (κ1) is 12.8. The zero-order valence-electron chi connectivity index (χ0n) is 11.9. The summed E-state index contributed by atoms with van der Waals surface area (Å²) in [6.45, 7) is 6.42. The molecule has 0 saturated carbocycles. The van der Waals surface area contributed by atoms with E-state index in [1.807, 2.05) is 6.07 Å². The predicted octanol–water partition coefficient (Wildman–Crippen LogP) is 2.92. The molecule has 1 fully saturated rings. The summed E-state index contributed by atoms with van der Waals surface area (Å²) in [4.78, 5) is 0. The topological polar surface area (TPSA) is 30.5 Å². The molecule has 0 bridgehead atoms.